The van der Waals surface area contributed by atoms with Crippen molar-refractivity contribution in [1.29, 1.82) is 0 Å². The summed E-state index contributed by atoms with van der Waals surface area (Å²) in [5, 5.41) is 27.2. The number of nitrogens with one attached hydrogen (secondary N) is 1. The van der Waals surface area contributed by atoms with Crippen molar-refractivity contribution in [3.63, 3.8) is 0 Å². The van der Waals surface area contributed by atoms with Gasteiger partial charge in [0, 0.05) is 24.3 Å². The monoisotopic (exact) mass is 291 g/mol. The smallest absolute Gasteiger partial charge is 0.0706 e. The SMILES string of the molecule is CC(C)(C)C(O)CC(CO)NCc1cnn2ccccc12. The lowest BCUT2D eigenvalue weighted by Crippen LogP contribution is -2.39. The van der Waals surface area contributed by atoms with Crippen molar-refractivity contribution in [3.05, 3.63) is 36.2 Å². The minimum atomic E-state index is -0.453. The second-order valence-corrected chi connectivity index (χ2v) is 6.58. The van der Waals surface area contributed by atoms with E-state index in [-0.39, 0.29) is 18.1 Å². The van der Waals surface area contributed by atoms with Gasteiger partial charge in [-0.2, -0.15) is 5.10 Å². The van der Waals surface area contributed by atoms with Crippen molar-refractivity contribution in [1.82, 2.24) is 14.9 Å². The van der Waals surface area contributed by atoms with E-state index in [2.05, 4.69) is 10.4 Å². The van der Waals surface area contributed by atoms with Gasteiger partial charge in [0.2, 0.25) is 0 Å². The van der Waals surface area contributed by atoms with E-state index in [1.165, 1.54) is 0 Å². The molecule has 2 aromatic rings. The fraction of sp³-hybridized carbons (Fsp3) is 0.562. The highest BCUT2D eigenvalue weighted by atomic mass is 16.3. The average Bonchev–Trinajstić information content (AvgIpc) is 2.85. The second kappa shape index (κ2) is 6.56. The number of hydrogen-bond acceptors (Lipinski definition) is 4. The molecule has 0 aliphatic rings. The first-order valence-corrected chi connectivity index (χ1v) is 7.35. The van der Waals surface area contributed by atoms with Gasteiger partial charge in [-0.25, -0.2) is 4.52 Å². The van der Waals surface area contributed by atoms with E-state index in [0.29, 0.717) is 13.0 Å². The molecule has 2 heterocycles. The molecule has 0 radical (unpaired) electrons. The Morgan fingerprint density at radius 2 is 2.10 bits per heavy atom. The van der Waals surface area contributed by atoms with Gasteiger partial charge in [-0.15, -0.1) is 0 Å². The third-order valence-electron chi connectivity index (χ3n) is 3.82. The fourth-order valence-electron chi connectivity index (χ4n) is 2.22. The molecule has 2 atom stereocenters. The molecule has 2 rings (SSSR count). The summed E-state index contributed by atoms with van der Waals surface area (Å²) in [6.07, 6.45) is 3.81. The van der Waals surface area contributed by atoms with Crippen molar-refractivity contribution < 1.29 is 10.2 Å². The van der Waals surface area contributed by atoms with Crippen LogP contribution in [-0.2, 0) is 6.54 Å². The predicted molar refractivity (Wildman–Crippen MR) is 83.0 cm³/mol. The molecule has 0 bridgehead atoms. The van der Waals surface area contributed by atoms with Gasteiger partial charge in [-0.05, 0) is 24.0 Å². The minimum Gasteiger partial charge on any atom is -0.395 e. The van der Waals surface area contributed by atoms with E-state index in [1.807, 2.05) is 55.9 Å². The highest BCUT2D eigenvalue weighted by Gasteiger charge is 2.25. The second-order valence-electron chi connectivity index (χ2n) is 6.58. The van der Waals surface area contributed by atoms with Gasteiger partial charge in [0.1, 0.15) is 0 Å². The normalized spacial score (nSPS) is 15.3. The molecular weight excluding hydrogens is 266 g/mol. The number of aliphatic hydroxyl groups is 2. The maximum atomic E-state index is 10.1. The van der Waals surface area contributed by atoms with E-state index in [9.17, 15) is 10.2 Å². The first-order chi connectivity index (χ1) is 9.91. The molecule has 0 saturated heterocycles. The molecule has 2 aromatic heterocycles. The molecule has 0 aliphatic heterocycles. The number of nitrogens with zero attached hydrogens (tertiary/aromatic N) is 2. The summed E-state index contributed by atoms with van der Waals surface area (Å²) >= 11 is 0. The third kappa shape index (κ3) is 4.03. The molecule has 0 fully saturated rings. The van der Waals surface area contributed by atoms with Gasteiger partial charge in [0.15, 0.2) is 0 Å². The molecule has 2 unspecified atom stereocenters. The number of pyridine rings is 1. The molecule has 5 nitrogen and oxygen atoms in total. The average molecular weight is 291 g/mol. The molecule has 0 aliphatic carbocycles. The first-order valence-electron chi connectivity index (χ1n) is 7.35. The van der Waals surface area contributed by atoms with Crippen molar-refractivity contribution in [2.75, 3.05) is 6.61 Å². The predicted octanol–water partition coefficient (Wildman–Crippen LogP) is 1.58. The lowest BCUT2D eigenvalue weighted by atomic mass is 9.85. The van der Waals surface area contributed by atoms with Gasteiger partial charge in [0.05, 0.1) is 24.4 Å². The summed E-state index contributed by atoms with van der Waals surface area (Å²) in [7, 11) is 0. The quantitative estimate of drug-likeness (QED) is 0.756. The van der Waals surface area contributed by atoms with E-state index in [4.69, 9.17) is 0 Å². The van der Waals surface area contributed by atoms with Crippen LogP contribution in [-0.4, -0.2) is 38.6 Å². The summed E-state index contributed by atoms with van der Waals surface area (Å²) in [5.41, 5.74) is 1.96. The standard InChI is InChI=1S/C16H25N3O2/c1-16(2,3)15(21)8-13(11-20)17-9-12-10-18-19-7-5-4-6-14(12)19/h4-7,10,13,15,17,20-21H,8-9,11H2,1-3H3. The summed E-state index contributed by atoms with van der Waals surface area (Å²) in [4.78, 5) is 0. The fourth-order valence-corrected chi connectivity index (χ4v) is 2.22. The van der Waals surface area contributed by atoms with Crippen molar-refractivity contribution in [2.24, 2.45) is 5.41 Å². The molecule has 21 heavy (non-hydrogen) atoms. The van der Waals surface area contributed by atoms with Crippen LogP contribution >= 0.6 is 0 Å². The van der Waals surface area contributed by atoms with Crippen LogP contribution in [0.1, 0.15) is 32.8 Å². The van der Waals surface area contributed by atoms with Crippen LogP contribution in [0.5, 0.6) is 0 Å². The Hall–Kier alpha value is -1.43. The lowest BCUT2D eigenvalue weighted by Gasteiger charge is -2.29. The lowest BCUT2D eigenvalue weighted by molar-refractivity contribution is 0.0389. The number of aromatic nitrogens is 2. The van der Waals surface area contributed by atoms with Gasteiger partial charge in [0.25, 0.3) is 0 Å². The van der Waals surface area contributed by atoms with Crippen molar-refractivity contribution >= 4 is 5.52 Å². The minimum absolute atomic E-state index is 0.00630. The van der Waals surface area contributed by atoms with Gasteiger partial charge >= 0.3 is 0 Å². The van der Waals surface area contributed by atoms with Crippen LogP contribution in [0.2, 0.25) is 0 Å². The zero-order valence-electron chi connectivity index (χ0n) is 13.0. The molecule has 116 valence electrons. The molecule has 0 saturated carbocycles. The Kier molecular flexibility index (Phi) is 4.98. The van der Waals surface area contributed by atoms with Crippen LogP contribution in [0.3, 0.4) is 0 Å². The Morgan fingerprint density at radius 3 is 2.76 bits per heavy atom. The molecule has 5 heteroatoms. The Labute approximate surface area is 125 Å². The topological polar surface area (TPSA) is 69.8 Å². The van der Waals surface area contributed by atoms with Gasteiger partial charge in [-0.1, -0.05) is 26.8 Å². The van der Waals surface area contributed by atoms with Gasteiger partial charge < -0.3 is 15.5 Å². The maximum Gasteiger partial charge on any atom is 0.0706 e. The molecule has 0 aromatic carbocycles. The van der Waals surface area contributed by atoms with Crippen LogP contribution in [0.4, 0.5) is 0 Å². The summed E-state index contributed by atoms with van der Waals surface area (Å²) in [5.74, 6) is 0. The summed E-state index contributed by atoms with van der Waals surface area (Å²) in [6.45, 7) is 6.62. The Morgan fingerprint density at radius 1 is 1.33 bits per heavy atom. The number of fused-ring (bicyclic) bond motifs is 1. The van der Waals surface area contributed by atoms with Crippen LogP contribution in [0.15, 0.2) is 30.6 Å². The number of rotatable bonds is 6. The zero-order valence-corrected chi connectivity index (χ0v) is 13.0. The molecule has 0 amide bonds. The van der Waals surface area contributed by atoms with E-state index in [0.717, 1.165) is 11.1 Å². The Balaban J connectivity index is 1.97. The first kappa shape index (κ1) is 15.9. The van der Waals surface area contributed by atoms with Crippen LogP contribution in [0.25, 0.3) is 5.52 Å². The van der Waals surface area contributed by atoms with E-state index >= 15 is 0 Å². The third-order valence-corrected chi connectivity index (χ3v) is 3.82. The van der Waals surface area contributed by atoms with E-state index < -0.39 is 6.10 Å². The zero-order chi connectivity index (χ0) is 15.5. The molecular formula is C16H25N3O2. The highest BCUT2D eigenvalue weighted by Crippen LogP contribution is 2.22. The van der Waals surface area contributed by atoms with Crippen LogP contribution in [0, 0.1) is 5.41 Å². The maximum absolute atomic E-state index is 10.1. The Bertz CT molecular complexity index is 574. The van der Waals surface area contributed by atoms with Gasteiger partial charge in [-0.3, -0.25) is 0 Å². The van der Waals surface area contributed by atoms with Crippen LogP contribution < -0.4 is 5.32 Å². The highest BCUT2D eigenvalue weighted by molar-refractivity contribution is 5.53. The summed E-state index contributed by atoms with van der Waals surface area (Å²) in [6, 6.07) is 5.81. The molecule has 0 spiro atoms. The van der Waals surface area contributed by atoms with E-state index in [1.54, 1.807) is 0 Å². The van der Waals surface area contributed by atoms with Crippen molar-refractivity contribution in [3.8, 4) is 0 Å². The molecule has 3 N–H and O–H groups in total. The number of hydrogen-bond donors (Lipinski definition) is 3. The largest absolute Gasteiger partial charge is 0.395 e. The summed E-state index contributed by atoms with van der Waals surface area (Å²) < 4.78 is 1.83. The number of aliphatic hydroxyl groups excluding tert-OH is 2. The van der Waals surface area contributed by atoms with Crippen molar-refractivity contribution in [2.45, 2.75) is 45.9 Å².